The predicted octanol–water partition coefficient (Wildman–Crippen LogP) is 3.16. The van der Waals surface area contributed by atoms with Crippen molar-refractivity contribution in [2.45, 2.75) is 12.6 Å². The lowest BCUT2D eigenvalue weighted by Gasteiger charge is -2.26. The molecule has 22 heavy (non-hydrogen) atoms. The summed E-state index contributed by atoms with van der Waals surface area (Å²) in [4.78, 5) is 6.76. The second-order valence-corrected chi connectivity index (χ2v) is 6.07. The molecular weight excluding hydrogens is 311 g/mol. The summed E-state index contributed by atoms with van der Waals surface area (Å²) in [6.45, 7) is 3.69. The summed E-state index contributed by atoms with van der Waals surface area (Å²) >= 11 is 1.55. The highest BCUT2D eigenvalue weighted by Crippen LogP contribution is 2.30. The number of hydrogen-bond acceptors (Lipinski definition) is 4. The molecule has 0 spiro atoms. The number of benzene rings is 1. The Labute approximate surface area is 130 Å². The van der Waals surface area contributed by atoms with Crippen LogP contribution in [-0.2, 0) is 12.6 Å². The lowest BCUT2D eigenvalue weighted by Crippen LogP contribution is -2.43. The van der Waals surface area contributed by atoms with Crippen molar-refractivity contribution >= 4 is 16.5 Å². The molecule has 3 nitrogen and oxygen atoms in total. The fraction of sp³-hybridized carbons (Fsp3) is 0.400. The summed E-state index contributed by atoms with van der Waals surface area (Å²) in [6.07, 6.45) is -3.88. The first-order valence-corrected chi connectivity index (χ1v) is 7.96. The number of hydrogen-bond donors (Lipinski definition) is 1. The standard InChI is InChI=1S/C15H16F3N3S/c16-15(17,18)12-3-1-2-11(8-12)9-13-10-22-14(20-13)21-6-4-19-5-7-21/h1-3,8,10,19H,4-7,9H2. The Morgan fingerprint density at radius 3 is 2.73 bits per heavy atom. The minimum atomic E-state index is -4.30. The van der Waals surface area contributed by atoms with Crippen molar-refractivity contribution in [1.82, 2.24) is 10.3 Å². The fourth-order valence-corrected chi connectivity index (χ4v) is 3.32. The monoisotopic (exact) mass is 327 g/mol. The third kappa shape index (κ3) is 3.59. The van der Waals surface area contributed by atoms with Crippen LogP contribution in [0.1, 0.15) is 16.8 Å². The molecule has 1 fully saturated rings. The number of thiazole rings is 1. The van der Waals surface area contributed by atoms with E-state index in [1.165, 1.54) is 12.1 Å². The van der Waals surface area contributed by atoms with Crippen LogP contribution in [0.5, 0.6) is 0 Å². The van der Waals surface area contributed by atoms with Gasteiger partial charge in [-0.25, -0.2) is 4.98 Å². The maximum absolute atomic E-state index is 12.7. The first kappa shape index (κ1) is 15.3. The molecule has 0 aliphatic carbocycles. The number of nitrogens with zero attached hydrogens (tertiary/aromatic N) is 2. The molecule has 1 aromatic heterocycles. The highest BCUT2D eigenvalue weighted by molar-refractivity contribution is 7.13. The van der Waals surface area contributed by atoms with Crippen molar-refractivity contribution in [1.29, 1.82) is 0 Å². The van der Waals surface area contributed by atoms with E-state index in [0.717, 1.165) is 43.1 Å². The Balaban J connectivity index is 1.72. The molecule has 1 saturated heterocycles. The van der Waals surface area contributed by atoms with E-state index in [1.807, 2.05) is 5.38 Å². The number of anilines is 1. The van der Waals surface area contributed by atoms with Gasteiger partial charge >= 0.3 is 6.18 Å². The van der Waals surface area contributed by atoms with Crippen molar-refractivity contribution in [3.05, 3.63) is 46.5 Å². The van der Waals surface area contributed by atoms with Gasteiger partial charge in [-0.05, 0) is 11.6 Å². The van der Waals surface area contributed by atoms with Gasteiger partial charge in [-0.15, -0.1) is 11.3 Å². The van der Waals surface area contributed by atoms with Gasteiger partial charge in [-0.2, -0.15) is 13.2 Å². The highest BCUT2D eigenvalue weighted by Gasteiger charge is 2.30. The zero-order valence-corrected chi connectivity index (χ0v) is 12.7. The van der Waals surface area contributed by atoms with Gasteiger partial charge in [0.2, 0.25) is 0 Å². The normalized spacial score (nSPS) is 16.0. The lowest BCUT2D eigenvalue weighted by atomic mass is 10.1. The summed E-state index contributed by atoms with van der Waals surface area (Å²) in [7, 11) is 0. The molecule has 0 bridgehead atoms. The van der Waals surface area contributed by atoms with Crippen LogP contribution in [0, 0.1) is 0 Å². The zero-order valence-electron chi connectivity index (χ0n) is 11.9. The third-order valence-corrected chi connectivity index (χ3v) is 4.52. The Kier molecular flexibility index (Phi) is 4.35. The zero-order chi connectivity index (χ0) is 15.6. The van der Waals surface area contributed by atoms with Crippen LogP contribution in [0.4, 0.5) is 18.3 Å². The SMILES string of the molecule is FC(F)(F)c1cccc(Cc2csc(N3CCNCC3)n2)c1. The predicted molar refractivity (Wildman–Crippen MR) is 81.4 cm³/mol. The maximum Gasteiger partial charge on any atom is 0.416 e. The van der Waals surface area contributed by atoms with Gasteiger partial charge in [0.25, 0.3) is 0 Å². The summed E-state index contributed by atoms with van der Waals surface area (Å²) < 4.78 is 38.2. The molecule has 1 aliphatic rings. The van der Waals surface area contributed by atoms with E-state index in [2.05, 4.69) is 15.2 Å². The first-order valence-electron chi connectivity index (χ1n) is 7.08. The molecule has 2 aromatic rings. The van der Waals surface area contributed by atoms with Gasteiger partial charge in [0.05, 0.1) is 11.3 Å². The molecule has 0 atom stereocenters. The second kappa shape index (κ2) is 6.26. The molecule has 2 heterocycles. The van der Waals surface area contributed by atoms with Gasteiger partial charge in [0, 0.05) is 38.0 Å². The molecule has 118 valence electrons. The van der Waals surface area contributed by atoms with Gasteiger partial charge in [-0.1, -0.05) is 18.2 Å². The largest absolute Gasteiger partial charge is 0.416 e. The van der Waals surface area contributed by atoms with E-state index < -0.39 is 11.7 Å². The quantitative estimate of drug-likeness (QED) is 0.939. The van der Waals surface area contributed by atoms with Crippen molar-refractivity contribution in [2.24, 2.45) is 0 Å². The Morgan fingerprint density at radius 2 is 2.00 bits per heavy atom. The molecule has 1 aliphatic heterocycles. The molecule has 7 heteroatoms. The maximum atomic E-state index is 12.7. The van der Waals surface area contributed by atoms with E-state index in [-0.39, 0.29) is 0 Å². The highest BCUT2D eigenvalue weighted by atomic mass is 32.1. The van der Waals surface area contributed by atoms with Crippen LogP contribution in [0.2, 0.25) is 0 Å². The number of nitrogens with one attached hydrogen (secondary N) is 1. The number of halogens is 3. The smallest absolute Gasteiger partial charge is 0.346 e. The summed E-state index contributed by atoms with van der Waals surface area (Å²) in [5.41, 5.74) is 0.840. The van der Waals surface area contributed by atoms with Crippen LogP contribution in [-0.4, -0.2) is 31.2 Å². The number of piperazine rings is 1. The van der Waals surface area contributed by atoms with Crippen molar-refractivity contribution in [2.75, 3.05) is 31.1 Å². The molecular formula is C15H16F3N3S. The minimum absolute atomic E-state index is 0.423. The van der Waals surface area contributed by atoms with Crippen molar-refractivity contribution in [3.8, 4) is 0 Å². The Hall–Kier alpha value is -1.60. The third-order valence-electron chi connectivity index (χ3n) is 3.57. The Bertz CT molecular complexity index is 633. The van der Waals surface area contributed by atoms with Crippen LogP contribution < -0.4 is 10.2 Å². The van der Waals surface area contributed by atoms with Gasteiger partial charge in [0.15, 0.2) is 5.13 Å². The van der Waals surface area contributed by atoms with Crippen LogP contribution >= 0.6 is 11.3 Å². The van der Waals surface area contributed by atoms with Crippen LogP contribution in [0.3, 0.4) is 0 Å². The first-order chi connectivity index (χ1) is 10.5. The summed E-state index contributed by atoms with van der Waals surface area (Å²) in [5, 5.41) is 6.16. The molecule has 0 unspecified atom stereocenters. The number of aromatic nitrogens is 1. The summed E-state index contributed by atoms with van der Waals surface area (Å²) in [6, 6.07) is 5.45. The van der Waals surface area contributed by atoms with Crippen LogP contribution in [0.25, 0.3) is 0 Å². The average Bonchev–Trinajstić information content (AvgIpc) is 2.96. The molecule has 0 amide bonds. The summed E-state index contributed by atoms with van der Waals surface area (Å²) in [5.74, 6) is 0. The Morgan fingerprint density at radius 1 is 1.23 bits per heavy atom. The van der Waals surface area contributed by atoms with Gasteiger partial charge < -0.3 is 10.2 Å². The van der Waals surface area contributed by atoms with Crippen molar-refractivity contribution < 1.29 is 13.2 Å². The number of alkyl halides is 3. The average molecular weight is 327 g/mol. The fourth-order valence-electron chi connectivity index (χ4n) is 2.45. The second-order valence-electron chi connectivity index (χ2n) is 5.23. The van der Waals surface area contributed by atoms with E-state index >= 15 is 0 Å². The van der Waals surface area contributed by atoms with Gasteiger partial charge in [0.1, 0.15) is 0 Å². The van der Waals surface area contributed by atoms with Crippen LogP contribution in [0.15, 0.2) is 29.6 Å². The topological polar surface area (TPSA) is 28.2 Å². The number of rotatable bonds is 3. The lowest BCUT2D eigenvalue weighted by molar-refractivity contribution is -0.137. The van der Waals surface area contributed by atoms with E-state index in [9.17, 15) is 13.2 Å². The molecule has 1 N–H and O–H groups in total. The van der Waals surface area contributed by atoms with Gasteiger partial charge in [-0.3, -0.25) is 0 Å². The van der Waals surface area contributed by atoms with E-state index in [1.54, 1.807) is 17.4 Å². The molecule has 3 rings (SSSR count). The molecule has 0 saturated carbocycles. The minimum Gasteiger partial charge on any atom is -0.346 e. The molecule has 0 radical (unpaired) electrons. The molecule has 1 aromatic carbocycles. The van der Waals surface area contributed by atoms with E-state index in [0.29, 0.717) is 12.0 Å². The van der Waals surface area contributed by atoms with Crippen molar-refractivity contribution in [3.63, 3.8) is 0 Å². The van der Waals surface area contributed by atoms with E-state index in [4.69, 9.17) is 0 Å².